The highest BCUT2D eigenvalue weighted by molar-refractivity contribution is 7.90. The molecule has 1 aliphatic heterocycles. The van der Waals surface area contributed by atoms with Gasteiger partial charge in [-0.05, 0) is 43.7 Å². The molecule has 0 spiro atoms. The Hall–Kier alpha value is -1.17. The first-order chi connectivity index (χ1) is 12.6. The summed E-state index contributed by atoms with van der Waals surface area (Å²) < 4.78 is 29.3. The summed E-state index contributed by atoms with van der Waals surface area (Å²) in [5, 5.41) is 0. The van der Waals surface area contributed by atoms with Crippen molar-refractivity contribution in [3.05, 3.63) is 41.0 Å². The van der Waals surface area contributed by atoms with Gasteiger partial charge in [-0.3, -0.25) is 4.90 Å². The van der Waals surface area contributed by atoms with Crippen molar-refractivity contribution in [3.8, 4) is 0 Å². The molecule has 1 aromatic carbocycles. The Kier molecular flexibility index (Phi) is 6.90. The normalized spacial score (nSPS) is 19.3. The molecule has 0 unspecified atom stereocenters. The Morgan fingerprint density at radius 2 is 1.85 bits per heavy atom. The van der Waals surface area contributed by atoms with E-state index in [1.54, 1.807) is 0 Å². The molecule has 1 heterocycles. The third-order valence-corrected chi connectivity index (χ3v) is 7.07. The summed E-state index contributed by atoms with van der Waals surface area (Å²) in [6.07, 6.45) is 8.76. The average Bonchev–Trinajstić information content (AvgIpc) is 2.57. The minimum atomic E-state index is -3.10. The van der Waals surface area contributed by atoms with Crippen LogP contribution >= 0.6 is 0 Å². The van der Waals surface area contributed by atoms with E-state index >= 15 is 0 Å². The zero-order valence-electron chi connectivity index (χ0n) is 15.8. The van der Waals surface area contributed by atoms with Crippen LogP contribution in [0.4, 0.5) is 0 Å². The molecule has 1 aliphatic carbocycles. The van der Waals surface area contributed by atoms with Crippen molar-refractivity contribution in [2.45, 2.75) is 50.8 Å². The lowest BCUT2D eigenvalue weighted by Gasteiger charge is -2.40. The number of nitrogens with zero attached hydrogens (tertiary/aromatic N) is 1. The number of hydrogen-bond acceptors (Lipinski definition) is 4. The standard InChI is InChI=1S/C21H31NO3S/c1-2-25-14-15-26(23,24)17-20-8-6-18(7-9-20)16-19-10-12-22(13-11-19)21-4-3-5-21/h6-9,16,21H,2-5,10-15,17H2,1H3. The highest BCUT2D eigenvalue weighted by atomic mass is 32.2. The van der Waals surface area contributed by atoms with Crippen molar-refractivity contribution in [1.82, 2.24) is 4.90 Å². The molecular weight excluding hydrogens is 346 g/mol. The first-order valence-corrected chi connectivity index (χ1v) is 11.7. The number of benzene rings is 1. The number of rotatable bonds is 8. The van der Waals surface area contributed by atoms with Crippen molar-refractivity contribution in [2.75, 3.05) is 32.1 Å². The number of hydrogen-bond donors (Lipinski definition) is 0. The molecule has 26 heavy (non-hydrogen) atoms. The number of sulfone groups is 1. The van der Waals surface area contributed by atoms with Gasteiger partial charge in [-0.2, -0.15) is 0 Å². The van der Waals surface area contributed by atoms with Crippen LogP contribution in [0.3, 0.4) is 0 Å². The van der Waals surface area contributed by atoms with E-state index in [2.05, 4.69) is 11.0 Å². The Bertz CT molecular complexity index is 695. The van der Waals surface area contributed by atoms with Crippen LogP contribution in [0.5, 0.6) is 0 Å². The number of likely N-dealkylation sites (tertiary alicyclic amines) is 1. The lowest BCUT2D eigenvalue weighted by molar-refractivity contribution is 0.118. The zero-order valence-corrected chi connectivity index (χ0v) is 16.6. The predicted octanol–water partition coefficient (Wildman–Crippen LogP) is 3.67. The molecule has 0 amide bonds. The topological polar surface area (TPSA) is 46.6 Å². The Morgan fingerprint density at radius 3 is 2.42 bits per heavy atom. The van der Waals surface area contributed by atoms with Gasteiger partial charge in [-0.1, -0.05) is 42.3 Å². The fourth-order valence-corrected chi connectivity index (χ4v) is 4.89. The minimum absolute atomic E-state index is 0.0874. The summed E-state index contributed by atoms with van der Waals surface area (Å²) in [5.74, 6) is 0.178. The SMILES string of the molecule is CCOCCS(=O)(=O)Cc1ccc(C=C2CCN(C3CCC3)CC2)cc1. The molecule has 2 fully saturated rings. The maximum Gasteiger partial charge on any atom is 0.156 e. The Labute approximate surface area is 158 Å². The molecule has 0 bridgehead atoms. The van der Waals surface area contributed by atoms with Gasteiger partial charge < -0.3 is 4.74 Å². The minimum Gasteiger partial charge on any atom is -0.381 e. The second-order valence-electron chi connectivity index (χ2n) is 7.45. The molecular formula is C21H31NO3S. The molecule has 144 valence electrons. The van der Waals surface area contributed by atoms with Crippen molar-refractivity contribution in [3.63, 3.8) is 0 Å². The van der Waals surface area contributed by atoms with E-state index in [0.717, 1.165) is 24.4 Å². The van der Waals surface area contributed by atoms with E-state index < -0.39 is 9.84 Å². The number of ether oxygens (including phenoxy) is 1. The van der Waals surface area contributed by atoms with Crippen molar-refractivity contribution >= 4 is 15.9 Å². The summed E-state index contributed by atoms with van der Waals surface area (Å²) in [6.45, 7) is 5.08. The van der Waals surface area contributed by atoms with Crippen LogP contribution in [0.25, 0.3) is 6.08 Å². The average molecular weight is 378 g/mol. The molecule has 2 aliphatic rings. The summed E-state index contributed by atoms with van der Waals surface area (Å²) >= 11 is 0. The van der Waals surface area contributed by atoms with Gasteiger partial charge in [-0.25, -0.2) is 8.42 Å². The van der Waals surface area contributed by atoms with Gasteiger partial charge >= 0.3 is 0 Å². The Balaban J connectivity index is 1.51. The second-order valence-corrected chi connectivity index (χ2v) is 9.64. The van der Waals surface area contributed by atoms with E-state index in [1.807, 2.05) is 31.2 Å². The predicted molar refractivity (Wildman–Crippen MR) is 107 cm³/mol. The van der Waals surface area contributed by atoms with Gasteiger partial charge in [0.05, 0.1) is 18.1 Å². The van der Waals surface area contributed by atoms with Gasteiger partial charge in [0, 0.05) is 25.7 Å². The molecule has 0 atom stereocenters. The molecule has 0 aromatic heterocycles. The second kappa shape index (κ2) is 9.16. The molecule has 4 nitrogen and oxygen atoms in total. The van der Waals surface area contributed by atoms with Gasteiger partial charge in [0.1, 0.15) is 0 Å². The fraction of sp³-hybridized carbons (Fsp3) is 0.619. The summed E-state index contributed by atoms with van der Waals surface area (Å²) in [6, 6.07) is 8.81. The highest BCUT2D eigenvalue weighted by Crippen LogP contribution is 2.29. The highest BCUT2D eigenvalue weighted by Gasteiger charge is 2.26. The van der Waals surface area contributed by atoms with E-state index in [1.165, 1.54) is 43.5 Å². The zero-order chi connectivity index (χ0) is 18.4. The van der Waals surface area contributed by atoms with Gasteiger partial charge in [0.25, 0.3) is 0 Å². The van der Waals surface area contributed by atoms with Crippen molar-refractivity contribution in [2.24, 2.45) is 0 Å². The van der Waals surface area contributed by atoms with Crippen LogP contribution in [0.1, 0.15) is 50.2 Å². The number of piperidine rings is 1. The third kappa shape index (κ3) is 5.66. The summed E-state index contributed by atoms with van der Waals surface area (Å²) in [7, 11) is -3.10. The maximum atomic E-state index is 12.1. The van der Waals surface area contributed by atoms with E-state index in [0.29, 0.717) is 6.61 Å². The molecule has 0 radical (unpaired) electrons. The van der Waals surface area contributed by atoms with Gasteiger partial charge in [0.15, 0.2) is 9.84 Å². The molecule has 5 heteroatoms. The van der Waals surface area contributed by atoms with Crippen LogP contribution in [0.2, 0.25) is 0 Å². The molecule has 3 rings (SSSR count). The smallest absolute Gasteiger partial charge is 0.156 e. The van der Waals surface area contributed by atoms with Crippen LogP contribution < -0.4 is 0 Å². The van der Waals surface area contributed by atoms with Crippen LogP contribution in [0.15, 0.2) is 29.8 Å². The van der Waals surface area contributed by atoms with Gasteiger partial charge in [-0.15, -0.1) is 0 Å². The molecule has 0 N–H and O–H groups in total. The molecule has 1 aromatic rings. The van der Waals surface area contributed by atoms with Crippen LogP contribution in [0, 0.1) is 0 Å². The first-order valence-electron chi connectivity index (χ1n) is 9.86. The lowest BCUT2D eigenvalue weighted by Crippen LogP contribution is -2.43. The summed E-state index contributed by atoms with van der Waals surface area (Å²) in [5.41, 5.74) is 3.54. The molecule has 1 saturated carbocycles. The summed E-state index contributed by atoms with van der Waals surface area (Å²) in [4.78, 5) is 2.65. The largest absolute Gasteiger partial charge is 0.381 e. The van der Waals surface area contributed by atoms with E-state index in [9.17, 15) is 8.42 Å². The maximum absolute atomic E-state index is 12.1. The fourth-order valence-electron chi connectivity index (χ4n) is 3.67. The lowest BCUT2D eigenvalue weighted by atomic mass is 9.89. The first kappa shape index (κ1) is 19.6. The van der Waals surface area contributed by atoms with Crippen molar-refractivity contribution < 1.29 is 13.2 Å². The third-order valence-electron chi connectivity index (χ3n) is 5.51. The van der Waals surface area contributed by atoms with Crippen molar-refractivity contribution in [1.29, 1.82) is 0 Å². The quantitative estimate of drug-likeness (QED) is 0.649. The Morgan fingerprint density at radius 1 is 1.15 bits per heavy atom. The monoisotopic (exact) mass is 377 g/mol. The van der Waals surface area contributed by atoms with E-state index in [4.69, 9.17) is 4.74 Å². The van der Waals surface area contributed by atoms with Gasteiger partial charge in [0.2, 0.25) is 0 Å². The van der Waals surface area contributed by atoms with Crippen LogP contribution in [-0.4, -0.2) is 51.4 Å². The van der Waals surface area contributed by atoms with E-state index in [-0.39, 0.29) is 18.1 Å². The van der Waals surface area contributed by atoms with Crippen LogP contribution in [-0.2, 0) is 20.3 Å². The molecule has 1 saturated heterocycles.